The van der Waals surface area contributed by atoms with Crippen LogP contribution < -0.4 is 5.32 Å². The number of halogens is 1. The number of ether oxygens (including phenoxy) is 1. The van der Waals surface area contributed by atoms with E-state index >= 15 is 0 Å². The molecule has 1 N–H and O–H groups in total. The third-order valence-electron chi connectivity index (χ3n) is 0.482. The van der Waals surface area contributed by atoms with Crippen LogP contribution in [0.5, 0.6) is 0 Å². The molecule has 0 amide bonds. The van der Waals surface area contributed by atoms with Crippen LogP contribution in [0.4, 0.5) is 0 Å². The Bertz CT molecular complexity index is 49.7. The fraction of sp³-hybridized carbons (Fsp3) is 0.600. The van der Waals surface area contributed by atoms with E-state index in [4.69, 9.17) is 4.74 Å². The maximum atomic E-state index is 4.90. The molecule has 0 saturated carbocycles. The maximum Gasteiger partial charge on any atom is 0.0967 e. The van der Waals surface area contributed by atoms with E-state index in [0.717, 1.165) is 0 Å². The molecule has 0 rings (SSSR count). The quantitative estimate of drug-likeness (QED) is 0.352. The van der Waals surface area contributed by atoms with Crippen LogP contribution in [0.2, 0.25) is 0 Å². The summed E-state index contributed by atoms with van der Waals surface area (Å²) in [6, 6.07) is 0. The van der Waals surface area contributed by atoms with Crippen molar-refractivity contribution in [1.29, 1.82) is 0 Å². The molecule has 0 aliphatic rings. The van der Waals surface area contributed by atoms with Crippen molar-refractivity contribution < 1.29 is 4.74 Å². The van der Waals surface area contributed by atoms with E-state index in [1.165, 1.54) is 0 Å². The lowest BCUT2D eigenvalue weighted by molar-refractivity contribution is 0.149. The Balaban J connectivity index is 0. The van der Waals surface area contributed by atoms with Crippen molar-refractivity contribution in [1.82, 2.24) is 5.32 Å². The van der Waals surface area contributed by atoms with Gasteiger partial charge in [0.25, 0.3) is 0 Å². The molecule has 0 spiro atoms. The summed E-state index contributed by atoms with van der Waals surface area (Å²) in [5, 5.41) is 2.83. The average Bonchev–Trinajstić information content (AvgIpc) is 1.69. The van der Waals surface area contributed by atoms with Gasteiger partial charge in [-0.1, -0.05) is 6.08 Å². The average molecular weight is 138 g/mol. The van der Waals surface area contributed by atoms with Gasteiger partial charge in [0, 0.05) is 0 Å². The van der Waals surface area contributed by atoms with E-state index < -0.39 is 0 Å². The van der Waals surface area contributed by atoms with Gasteiger partial charge in [0.05, 0.1) is 13.3 Å². The molecule has 0 atom stereocenters. The highest BCUT2D eigenvalue weighted by atomic mass is 35.5. The van der Waals surface area contributed by atoms with E-state index in [9.17, 15) is 0 Å². The van der Waals surface area contributed by atoms with Crippen LogP contribution in [0, 0.1) is 0 Å². The van der Waals surface area contributed by atoms with E-state index in [1.54, 1.807) is 6.08 Å². The van der Waals surface area contributed by atoms with Gasteiger partial charge in [-0.3, -0.25) is 5.32 Å². The van der Waals surface area contributed by atoms with Gasteiger partial charge in [0.15, 0.2) is 0 Å². The molecule has 0 aromatic heterocycles. The van der Waals surface area contributed by atoms with Gasteiger partial charge in [-0.05, 0) is 7.05 Å². The van der Waals surface area contributed by atoms with Gasteiger partial charge >= 0.3 is 0 Å². The lowest BCUT2D eigenvalue weighted by Gasteiger charge is -1.94. The summed E-state index contributed by atoms with van der Waals surface area (Å²) in [7, 11) is 1.84. The van der Waals surface area contributed by atoms with E-state index in [1.807, 2.05) is 7.05 Å². The first-order valence-corrected chi connectivity index (χ1v) is 2.25. The van der Waals surface area contributed by atoms with Crippen molar-refractivity contribution in [3.8, 4) is 0 Å². The van der Waals surface area contributed by atoms with Crippen LogP contribution in [-0.4, -0.2) is 20.4 Å². The Morgan fingerprint density at radius 3 is 2.75 bits per heavy atom. The van der Waals surface area contributed by atoms with Gasteiger partial charge in [0.2, 0.25) is 0 Å². The maximum absolute atomic E-state index is 4.90. The van der Waals surface area contributed by atoms with Crippen molar-refractivity contribution in [3.63, 3.8) is 0 Å². The molecule has 0 unspecified atom stereocenters. The Hall–Kier alpha value is -0.0500. The lowest BCUT2D eigenvalue weighted by atomic mass is 10.7. The van der Waals surface area contributed by atoms with Crippen LogP contribution in [-0.2, 0) is 4.74 Å². The molecule has 0 radical (unpaired) electrons. The van der Waals surface area contributed by atoms with Crippen LogP contribution in [0.15, 0.2) is 12.7 Å². The van der Waals surface area contributed by atoms with Gasteiger partial charge in [-0.2, -0.15) is 0 Å². The molecule has 0 bridgehead atoms. The highest BCUT2D eigenvalue weighted by Crippen LogP contribution is 1.67. The predicted molar refractivity (Wildman–Crippen MR) is 37.3 cm³/mol. The van der Waals surface area contributed by atoms with Crippen LogP contribution in [0.25, 0.3) is 0 Å². The van der Waals surface area contributed by atoms with Crippen molar-refractivity contribution in [2.75, 3.05) is 20.4 Å². The summed E-state index contributed by atoms with van der Waals surface area (Å²) >= 11 is 0. The molecule has 0 heterocycles. The molecule has 0 aliphatic heterocycles. The molecule has 0 aromatic carbocycles. The van der Waals surface area contributed by atoms with Gasteiger partial charge < -0.3 is 4.74 Å². The third-order valence-corrected chi connectivity index (χ3v) is 0.482. The summed E-state index contributed by atoms with van der Waals surface area (Å²) in [6.45, 7) is 4.71. The zero-order valence-corrected chi connectivity index (χ0v) is 5.83. The minimum atomic E-state index is 0. The second kappa shape index (κ2) is 10.0. The zero-order valence-electron chi connectivity index (χ0n) is 5.02. The second-order valence-electron chi connectivity index (χ2n) is 1.16. The molecule has 50 valence electrons. The summed E-state index contributed by atoms with van der Waals surface area (Å²) in [5.41, 5.74) is 0. The second-order valence-corrected chi connectivity index (χ2v) is 1.16. The SMILES string of the molecule is C=CCOCNC.Cl. The summed E-state index contributed by atoms with van der Waals surface area (Å²) in [5.74, 6) is 0. The van der Waals surface area contributed by atoms with Gasteiger partial charge in [-0.15, -0.1) is 19.0 Å². The summed E-state index contributed by atoms with van der Waals surface area (Å²) < 4.78 is 4.90. The largest absolute Gasteiger partial charge is 0.362 e. The highest BCUT2D eigenvalue weighted by Gasteiger charge is 1.72. The van der Waals surface area contributed by atoms with E-state index in [-0.39, 0.29) is 12.4 Å². The minimum absolute atomic E-state index is 0. The molecule has 0 fully saturated rings. The summed E-state index contributed by atoms with van der Waals surface area (Å²) in [4.78, 5) is 0. The van der Waals surface area contributed by atoms with Crippen molar-refractivity contribution in [2.45, 2.75) is 0 Å². The Labute approximate surface area is 56.3 Å². The van der Waals surface area contributed by atoms with E-state index in [2.05, 4.69) is 11.9 Å². The third kappa shape index (κ3) is 9.34. The van der Waals surface area contributed by atoms with E-state index in [0.29, 0.717) is 13.3 Å². The predicted octanol–water partition coefficient (Wildman–Crippen LogP) is 0.788. The van der Waals surface area contributed by atoms with Crippen molar-refractivity contribution >= 4 is 12.4 Å². The standard InChI is InChI=1S/C5H11NO.ClH/c1-3-4-7-5-6-2;/h3,6H,1,4-5H2,2H3;1H. The normalized spacial score (nSPS) is 7.62. The Morgan fingerprint density at radius 2 is 2.38 bits per heavy atom. The first kappa shape index (κ1) is 10.8. The zero-order chi connectivity index (χ0) is 5.54. The van der Waals surface area contributed by atoms with Crippen molar-refractivity contribution in [3.05, 3.63) is 12.7 Å². The highest BCUT2D eigenvalue weighted by molar-refractivity contribution is 5.85. The van der Waals surface area contributed by atoms with Gasteiger partial charge in [-0.25, -0.2) is 0 Å². The first-order valence-electron chi connectivity index (χ1n) is 2.25. The Kier molecular flexibility index (Phi) is 13.6. The first-order chi connectivity index (χ1) is 3.41. The van der Waals surface area contributed by atoms with Crippen LogP contribution in [0.3, 0.4) is 0 Å². The molecule has 3 heteroatoms. The monoisotopic (exact) mass is 137 g/mol. The van der Waals surface area contributed by atoms with Gasteiger partial charge in [0.1, 0.15) is 0 Å². The minimum Gasteiger partial charge on any atom is -0.362 e. The topological polar surface area (TPSA) is 21.3 Å². The molecule has 8 heavy (non-hydrogen) atoms. The smallest absolute Gasteiger partial charge is 0.0967 e. The Morgan fingerprint density at radius 1 is 1.75 bits per heavy atom. The number of nitrogens with one attached hydrogen (secondary N) is 1. The van der Waals surface area contributed by atoms with Crippen LogP contribution >= 0.6 is 12.4 Å². The lowest BCUT2D eigenvalue weighted by Crippen LogP contribution is -2.10. The molecular weight excluding hydrogens is 126 g/mol. The number of rotatable bonds is 4. The fourth-order valence-corrected chi connectivity index (χ4v) is 0.244. The number of hydrogen-bond donors (Lipinski definition) is 1. The molecule has 0 aliphatic carbocycles. The summed E-state index contributed by atoms with van der Waals surface area (Å²) in [6.07, 6.45) is 1.72. The molecule has 0 aromatic rings. The fourth-order valence-electron chi connectivity index (χ4n) is 0.244. The molecular formula is C5H12ClNO. The van der Waals surface area contributed by atoms with Crippen LogP contribution in [0.1, 0.15) is 0 Å². The molecule has 2 nitrogen and oxygen atoms in total. The number of hydrogen-bond acceptors (Lipinski definition) is 2. The molecule has 0 saturated heterocycles. The van der Waals surface area contributed by atoms with Crippen molar-refractivity contribution in [2.24, 2.45) is 0 Å².